The molecule has 1 aliphatic heterocycles. The van der Waals surface area contributed by atoms with Crippen molar-refractivity contribution in [2.45, 2.75) is 6.92 Å². The first-order chi connectivity index (χ1) is 17.9. The van der Waals surface area contributed by atoms with Crippen LogP contribution in [0.4, 0.5) is 15.8 Å². The molecule has 0 aliphatic carbocycles. The highest BCUT2D eigenvalue weighted by Crippen LogP contribution is 2.31. The van der Waals surface area contributed by atoms with E-state index >= 15 is 0 Å². The third-order valence-electron chi connectivity index (χ3n) is 5.28. The van der Waals surface area contributed by atoms with E-state index in [1.807, 2.05) is 6.92 Å². The quantitative estimate of drug-likeness (QED) is 0.316. The van der Waals surface area contributed by atoms with Gasteiger partial charge in [0.2, 0.25) is 0 Å². The Morgan fingerprint density at radius 2 is 1.81 bits per heavy atom. The highest BCUT2D eigenvalue weighted by molar-refractivity contribution is 7.80. The standard InChI is InChI=1S/C27H24FN3O5S/c1-3-35-24-15-17(14-21-26(33)31(27(37)30-21)19-11-9-18(28)10-12-19)8-13-23(24)36-16-25(32)29-20-6-4-5-7-22(20)34-2/h4-15H,3,16H2,1-2H3,(H,29,32)(H,30,37)/b21-14+. The normalized spacial score (nSPS) is 13.9. The van der Waals surface area contributed by atoms with E-state index in [0.717, 1.165) is 0 Å². The summed E-state index contributed by atoms with van der Waals surface area (Å²) < 4.78 is 29.9. The molecule has 0 aromatic heterocycles. The van der Waals surface area contributed by atoms with Crippen LogP contribution in [0.15, 0.2) is 72.4 Å². The van der Waals surface area contributed by atoms with Crippen molar-refractivity contribution in [2.24, 2.45) is 0 Å². The van der Waals surface area contributed by atoms with Crippen LogP contribution in [0.2, 0.25) is 0 Å². The minimum absolute atomic E-state index is 0.189. The number of hydrogen-bond donors (Lipinski definition) is 2. The van der Waals surface area contributed by atoms with E-state index in [0.29, 0.717) is 40.8 Å². The molecule has 0 saturated carbocycles. The molecule has 3 aromatic rings. The zero-order valence-corrected chi connectivity index (χ0v) is 20.9. The molecule has 1 saturated heterocycles. The number of anilines is 2. The summed E-state index contributed by atoms with van der Waals surface area (Å²) in [6.07, 6.45) is 1.62. The molecule has 10 heteroatoms. The first-order valence-corrected chi connectivity index (χ1v) is 11.8. The molecule has 1 aliphatic rings. The number of para-hydroxylation sites is 2. The van der Waals surface area contributed by atoms with Gasteiger partial charge in [-0.3, -0.25) is 14.5 Å². The van der Waals surface area contributed by atoms with E-state index in [1.165, 1.54) is 36.3 Å². The fraction of sp³-hybridized carbons (Fsp3) is 0.148. The molecule has 2 amide bonds. The van der Waals surface area contributed by atoms with Gasteiger partial charge in [-0.05, 0) is 79.3 Å². The van der Waals surface area contributed by atoms with Gasteiger partial charge in [-0.2, -0.15) is 0 Å². The summed E-state index contributed by atoms with van der Waals surface area (Å²) in [7, 11) is 1.52. The molecular formula is C27H24FN3O5S. The molecule has 37 heavy (non-hydrogen) atoms. The number of thiocarbonyl (C=S) groups is 1. The molecule has 4 rings (SSSR count). The average Bonchev–Trinajstić information content (AvgIpc) is 3.17. The molecule has 0 bridgehead atoms. The molecule has 2 N–H and O–H groups in total. The minimum Gasteiger partial charge on any atom is -0.495 e. The van der Waals surface area contributed by atoms with Crippen molar-refractivity contribution < 1.29 is 28.2 Å². The van der Waals surface area contributed by atoms with Crippen LogP contribution >= 0.6 is 12.2 Å². The van der Waals surface area contributed by atoms with Crippen molar-refractivity contribution in [3.63, 3.8) is 0 Å². The summed E-state index contributed by atoms with van der Waals surface area (Å²) in [5.41, 5.74) is 1.89. The second-order valence-corrected chi connectivity index (χ2v) is 8.17. The van der Waals surface area contributed by atoms with Gasteiger partial charge in [0, 0.05) is 0 Å². The van der Waals surface area contributed by atoms with E-state index in [1.54, 1.807) is 48.5 Å². The van der Waals surface area contributed by atoms with Crippen LogP contribution in [0, 0.1) is 5.82 Å². The maximum Gasteiger partial charge on any atom is 0.281 e. The summed E-state index contributed by atoms with van der Waals surface area (Å²) >= 11 is 5.30. The third-order valence-corrected chi connectivity index (χ3v) is 5.57. The zero-order chi connectivity index (χ0) is 26.4. The summed E-state index contributed by atoms with van der Waals surface area (Å²) in [5, 5.41) is 5.83. The van der Waals surface area contributed by atoms with Crippen LogP contribution in [0.3, 0.4) is 0 Å². The van der Waals surface area contributed by atoms with Crippen molar-refractivity contribution in [3.8, 4) is 17.2 Å². The van der Waals surface area contributed by atoms with Crippen LogP contribution in [-0.4, -0.2) is 37.3 Å². The first-order valence-electron chi connectivity index (χ1n) is 11.3. The zero-order valence-electron chi connectivity index (χ0n) is 20.1. The van der Waals surface area contributed by atoms with E-state index < -0.39 is 5.82 Å². The van der Waals surface area contributed by atoms with Crippen LogP contribution in [0.25, 0.3) is 6.08 Å². The molecule has 1 heterocycles. The molecule has 8 nitrogen and oxygen atoms in total. The molecular weight excluding hydrogens is 497 g/mol. The maximum absolute atomic E-state index is 13.3. The lowest BCUT2D eigenvalue weighted by atomic mass is 10.1. The number of carbonyl (C=O) groups excluding carboxylic acids is 2. The van der Waals surface area contributed by atoms with Gasteiger partial charge in [0.15, 0.2) is 23.2 Å². The predicted molar refractivity (Wildman–Crippen MR) is 142 cm³/mol. The first kappa shape index (κ1) is 25.6. The fourth-order valence-corrected chi connectivity index (χ4v) is 3.90. The predicted octanol–water partition coefficient (Wildman–Crippen LogP) is 4.51. The fourth-order valence-electron chi connectivity index (χ4n) is 3.61. The Balaban J connectivity index is 1.47. The van der Waals surface area contributed by atoms with Gasteiger partial charge >= 0.3 is 0 Å². The minimum atomic E-state index is -0.409. The van der Waals surface area contributed by atoms with Gasteiger partial charge in [0.25, 0.3) is 11.8 Å². The van der Waals surface area contributed by atoms with Gasteiger partial charge in [0.1, 0.15) is 17.3 Å². The van der Waals surface area contributed by atoms with Gasteiger partial charge in [-0.15, -0.1) is 0 Å². The molecule has 190 valence electrons. The Labute approximate surface area is 218 Å². The smallest absolute Gasteiger partial charge is 0.281 e. The van der Waals surface area contributed by atoms with Crippen LogP contribution in [0.5, 0.6) is 17.2 Å². The maximum atomic E-state index is 13.3. The van der Waals surface area contributed by atoms with Gasteiger partial charge in [0.05, 0.1) is 25.1 Å². The van der Waals surface area contributed by atoms with Crippen molar-refractivity contribution >= 4 is 46.6 Å². The largest absolute Gasteiger partial charge is 0.495 e. The van der Waals surface area contributed by atoms with Gasteiger partial charge in [-0.25, -0.2) is 4.39 Å². The van der Waals surface area contributed by atoms with Crippen LogP contribution in [-0.2, 0) is 9.59 Å². The highest BCUT2D eigenvalue weighted by Gasteiger charge is 2.32. The number of rotatable bonds is 9. The van der Waals surface area contributed by atoms with Crippen molar-refractivity contribution in [3.05, 3.63) is 83.8 Å². The van der Waals surface area contributed by atoms with E-state index in [4.69, 9.17) is 26.4 Å². The number of ether oxygens (including phenoxy) is 3. The van der Waals surface area contributed by atoms with Crippen molar-refractivity contribution in [1.29, 1.82) is 0 Å². The molecule has 3 aromatic carbocycles. The molecule has 0 atom stereocenters. The summed E-state index contributed by atoms with van der Waals surface area (Å²) in [4.78, 5) is 26.7. The Bertz CT molecular complexity index is 1360. The number of nitrogens with one attached hydrogen (secondary N) is 2. The molecule has 0 unspecified atom stereocenters. The van der Waals surface area contributed by atoms with Crippen LogP contribution in [0.1, 0.15) is 12.5 Å². The van der Waals surface area contributed by atoms with Crippen molar-refractivity contribution in [1.82, 2.24) is 5.32 Å². The van der Waals surface area contributed by atoms with Crippen LogP contribution < -0.4 is 29.7 Å². The molecule has 0 spiro atoms. The summed E-state index contributed by atoms with van der Waals surface area (Å²) in [6, 6.07) is 17.6. The lowest BCUT2D eigenvalue weighted by molar-refractivity contribution is -0.118. The Kier molecular flexibility index (Phi) is 7.99. The van der Waals surface area contributed by atoms with E-state index in [2.05, 4.69) is 10.6 Å². The number of amides is 2. The third kappa shape index (κ3) is 6.04. The topological polar surface area (TPSA) is 89.1 Å². The number of nitrogens with zero attached hydrogens (tertiary/aromatic N) is 1. The summed E-state index contributed by atoms with van der Waals surface area (Å²) in [5.74, 6) is 0.166. The number of carbonyl (C=O) groups is 2. The highest BCUT2D eigenvalue weighted by atomic mass is 32.1. The van der Waals surface area contributed by atoms with Gasteiger partial charge in [-0.1, -0.05) is 18.2 Å². The second-order valence-electron chi connectivity index (χ2n) is 7.78. The number of methoxy groups -OCH3 is 1. The Hall–Kier alpha value is -4.44. The lowest BCUT2D eigenvalue weighted by Gasteiger charge is -2.14. The SMILES string of the molecule is CCOc1cc(/C=C2/NC(=S)N(c3ccc(F)cc3)C2=O)ccc1OCC(=O)Nc1ccccc1OC. The number of hydrogen-bond acceptors (Lipinski definition) is 6. The van der Waals surface area contributed by atoms with Crippen molar-refractivity contribution in [2.75, 3.05) is 30.5 Å². The second kappa shape index (κ2) is 11.5. The number of benzene rings is 3. The van der Waals surface area contributed by atoms with E-state index in [-0.39, 0.29) is 29.2 Å². The molecule has 1 fully saturated rings. The summed E-state index contributed by atoms with van der Waals surface area (Å²) in [6.45, 7) is 1.94. The number of halogens is 1. The Morgan fingerprint density at radius 3 is 2.54 bits per heavy atom. The Morgan fingerprint density at radius 1 is 1.05 bits per heavy atom. The van der Waals surface area contributed by atoms with E-state index in [9.17, 15) is 14.0 Å². The lowest BCUT2D eigenvalue weighted by Crippen LogP contribution is -2.30. The van der Waals surface area contributed by atoms with Gasteiger partial charge < -0.3 is 24.8 Å². The average molecular weight is 522 g/mol. The molecule has 0 radical (unpaired) electrons. The monoisotopic (exact) mass is 521 g/mol.